The van der Waals surface area contributed by atoms with Crippen molar-refractivity contribution in [1.82, 2.24) is 25.2 Å². The van der Waals surface area contributed by atoms with Gasteiger partial charge >= 0.3 is 0 Å². The molecule has 0 aliphatic carbocycles. The van der Waals surface area contributed by atoms with Gasteiger partial charge in [-0.1, -0.05) is 35.5 Å². The number of hydrogen-bond acceptors (Lipinski definition) is 5. The molecule has 4 rings (SSSR count). The van der Waals surface area contributed by atoms with Gasteiger partial charge in [-0.25, -0.2) is 0 Å². The summed E-state index contributed by atoms with van der Waals surface area (Å²) in [6.45, 7) is 2.60. The second-order valence-electron chi connectivity index (χ2n) is 5.93. The van der Waals surface area contributed by atoms with Gasteiger partial charge in [-0.3, -0.25) is 4.79 Å². The molecule has 1 atom stereocenters. The second-order valence-corrected chi connectivity index (χ2v) is 5.93. The van der Waals surface area contributed by atoms with Crippen molar-refractivity contribution in [3.63, 3.8) is 0 Å². The molecule has 7 heteroatoms. The van der Waals surface area contributed by atoms with E-state index >= 15 is 0 Å². The molecule has 7 nitrogen and oxygen atoms in total. The fraction of sp³-hybridized carbons (Fsp3) is 0.294. The van der Waals surface area contributed by atoms with E-state index < -0.39 is 0 Å². The zero-order chi connectivity index (χ0) is 16.5. The van der Waals surface area contributed by atoms with Crippen LogP contribution in [0, 0.1) is 6.92 Å². The molecule has 0 saturated heterocycles. The lowest BCUT2D eigenvalue weighted by molar-refractivity contribution is 0.0918. The van der Waals surface area contributed by atoms with Gasteiger partial charge in [0.2, 0.25) is 0 Å². The predicted molar refractivity (Wildman–Crippen MR) is 86.3 cm³/mol. The number of carbonyl (C=O) groups is 1. The normalized spacial score (nSPS) is 16.6. The first kappa shape index (κ1) is 14.6. The summed E-state index contributed by atoms with van der Waals surface area (Å²) in [5.41, 5.74) is 1.19. The van der Waals surface area contributed by atoms with E-state index in [1.165, 1.54) is 0 Å². The smallest absolute Gasteiger partial charge is 0.273 e. The van der Waals surface area contributed by atoms with E-state index in [9.17, 15) is 4.79 Å². The highest BCUT2D eigenvalue weighted by Crippen LogP contribution is 2.20. The summed E-state index contributed by atoms with van der Waals surface area (Å²) < 4.78 is 7.34. The number of rotatable bonds is 3. The van der Waals surface area contributed by atoms with Crippen LogP contribution in [0.3, 0.4) is 0 Å². The van der Waals surface area contributed by atoms with Crippen molar-refractivity contribution in [2.24, 2.45) is 0 Å². The van der Waals surface area contributed by atoms with Crippen LogP contribution in [-0.2, 0) is 13.0 Å². The zero-order valence-corrected chi connectivity index (χ0v) is 13.3. The maximum atomic E-state index is 12.4. The van der Waals surface area contributed by atoms with Gasteiger partial charge in [0.1, 0.15) is 11.6 Å². The van der Waals surface area contributed by atoms with E-state index in [1.807, 2.05) is 41.8 Å². The third-order valence-corrected chi connectivity index (χ3v) is 4.27. The summed E-state index contributed by atoms with van der Waals surface area (Å²) in [7, 11) is 0. The van der Waals surface area contributed by atoms with Gasteiger partial charge in [0, 0.05) is 30.6 Å². The first-order chi connectivity index (χ1) is 11.7. The maximum Gasteiger partial charge on any atom is 0.273 e. The highest BCUT2D eigenvalue weighted by atomic mass is 16.5. The predicted octanol–water partition coefficient (Wildman–Crippen LogP) is 1.99. The number of fused-ring (bicyclic) bond motifs is 1. The Kier molecular flexibility index (Phi) is 3.60. The zero-order valence-electron chi connectivity index (χ0n) is 13.3. The van der Waals surface area contributed by atoms with Crippen molar-refractivity contribution in [1.29, 1.82) is 0 Å². The lowest BCUT2D eigenvalue weighted by Gasteiger charge is -2.24. The van der Waals surface area contributed by atoms with Gasteiger partial charge in [-0.2, -0.15) is 0 Å². The summed E-state index contributed by atoms with van der Waals surface area (Å²) in [5.74, 6) is 2.21. The van der Waals surface area contributed by atoms with E-state index in [2.05, 4.69) is 20.7 Å². The first-order valence-corrected chi connectivity index (χ1v) is 7.92. The van der Waals surface area contributed by atoms with Crippen LogP contribution in [-0.4, -0.2) is 31.9 Å². The minimum absolute atomic E-state index is 0.0385. The molecule has 3 aromatic rings. The number of aromatic nitrogens is 4. The Hall–Kier alpha value is -2.96. The van der Waals surface area contributed by atoms with E-state index in [4.69, 9.17) is 4.52 Å². The minimum atomic E-state index is -0.222. The van der Waals surface area contributed by atoms with E-state index in [-0.39, 0.29) is 11.9 Å². The van der Waals surface area contributed by atoms with E-state index in [0.29, 0.717) is 18.0 Å². The monoisotopic (exact) mass is 323 g/mol. The molecule has 0 saturated carbocycles. The highest BCUT2D eigenvalue weighted by Gasteiger charge is 2.24. The third kappa shape index (κ3) is 2.68. The van der Waals surface area contributed by atoms with Gasteiger partial charge in [-0.05, 0) is 13.3 Å². The van der Waals surface area contributed by atoms with Crippen LogP contribution in [0.5, 0.6) is 0 Å². The Morgan fingerprint density at radius 1 is 1.29 bits per heavy atom. The minimum Gasteiger partial charge on any atom is -0.355 e. The molecule has 2 aromatic heterocycles. The van der Waals surface area contributed by atoms with Crippen LogP contribution >= 0.6 is 0 Å². The molecule has 122 valence electrons. The molecule has 0 bridgehead atoms. The van der Waals surface area contributed by atoms with Crippen LogP contribution in [0.25, 0.3) is 11.3 Å². The Morgan fingerprint density at radius 3 is 2.96 bits per heavy atom. The maximum absolute atomic E-state index is 12.4. The van der Waals surface area contributed by atoms with Crippen LogP contribution in [0.15, 0.2) is 40.9 Å². The number of amides is 1. The number of benzene rings is 1. The summed E-state index contributed by atoms with van der Waals surface area (Å²) in [4.78, 5) is 12.4. The van der Waals surface area contributed by atoms with Gasteiger partial charge in [0.05, 0.1) is 0 Å². The summed E-state index contributed by atoms with van der Waals surface area (Å²) in [6.07, 6.45) is 1.65. The lowest BCUT2D eigenvalue weighted by atomic mass is 10.1. The average molecular weight is 323 g/mol. The summed E-state index contributed by atoms with van der Waals surface area (Å²) >= 11 is 0. The molecule has 1 aliphatic rings. The third-order valence-electron chi connectivity index (χ3n) is 4.27. The molecule has 0 spiro atoms. The molecule has 3 heterocycles. The Labute approximate surface area is 138 Å². The Bertz CT molecular complexity index is 868. The molecule has 1 amide bonds. The molecule has 1 unspecified atom stereocenters. The number of hydrogen-bond donors (Lipinski definition) is 1. The molecular formula is C17H17N5O2. The molecule has 24 heavy (non-hydrogen) atoms. The fourth-order valence-corrected chi connectivity index (χ4v) is 2.96. The number of carbonyl (C=O) groups excluding carboxylic acids is 1. The highest BCUT2D eigenvalue weighted by molar-refractivity contribution is 5.93. The second kappa shape index (κ2) is 5.92. The van der Waals surface area contributed by atoms with Crippen molar-refractivity contribution in [2.75, 3.05) is 0 Å². The molecule has 0 radical (unpaired) electrons. The summed E-state index contributed by atoms with van der Waals surface area (Å²) in [5, 5.41) is 15.1. The van der Waals surface area contributed by atoms with E-state index in [1.54, 1.807) is 6.07 Å². The van der Waals surface area contributed by atoms with Gasteiger partial charge < -0.3 is 14.4 Å². The van der Waals surface area contributed by atoms with Crippen LogP contribution < -0.4 is 5.32 Å². The SMILES string of the molecule is Cc1nnc2n1CC(NC(=O)c1cc(-c3ccccc3)on1)CC2. The van der Waals surface area contributed by atoms with Gasteiger partial charge in [-0.15, -0.1) is 10.2 Å². The van der Waals surface area contributed by atoms with Crippen molar-refractivity contribution < 1.29 is 9.32 Å². The fourth-order valence-electron chi connectivity index (χ4n) is 2.96. The van der Waals surface area contributed by atoms with Crippen molar-refractivity contribution >= 4 is 5.91 Å². The lowest BCUT2D eigenvalue weighted by Crippen LogP contribution is -2.41. The van der Waals surface area contributed by atoms with Crippen molar-refractivity contribution in [3.8, 4) is 11.3 Å². The quantitative estimate of drug-likeness (QED) is 0.796. The molecule has 0 fully saturated rings. The molecule has 1 aromatic carbocycles. The number of nitrogens with zero attached hydrogens (tertiary/aromatic N) is 4. The van der Waals surface area contributed by atoms with Gasteiger partial charge in [0.25, 0.3) is 5.91 Å². The standard InChI is InChI=1S/C17H17N5O2/c1-11-19-20-16-8-7-13(10-22(11)16)18-17(23)14-9-15(24-21-14)12-5-3-2-4-6-12/h2-6,9,13H,7-8,10H2,1H3,(H,18,23). The van der Waals surface area contributed by atoms with Gasteiger partial charge in [0.15, 0.2) is 11.5 Å². The van der Waals surface area contributed by atoms with Crippen LogP contribution in [0.2, 0.25) is 0 Å². The summed E-state index contributed by atoms with van der Waals surface area (Å²) in [6, 6.07) is 11.3. The average Bonchev–Trinajstić information content (AvgIpc) is 3.24. The number of nitrogens with one attached hydrogen (secondary N) is 1. The largest absolute Gasteiger partial charge is 0.355 e. The molecular weight excluding hydrogens is 306 g/mol. The number of aryl methyl sites for hydroxylation is 2. The Balaban J connectivity index is 1.46. The first-order valence-electron chi connectivity index (χ1n) is 7.92. The Morgan fingerprint density at radius 2 is 2.12 bits per heavy atom. The van der Waals surface area contributed by atoms with Crippen molar-refractivity contribution in [2.45, 2.75) is 32.4 Å². The topological polar surface area (TPSA) is 85.8 Å². The molecule has 1 aliphatic heterocycles. The van der Waals surface area contributed by atoms with E-state index in [0.717, 1.165) is 30.1 Å². The van der Waals surface area contributed by atoms with Crippen LogP contribution in [0.4, 0.5) is 0 Å². The van der Waals surface area contributed by atoms with Crippen molar-refractivity contribution in [3.05, 3.63) is 53.7 Å². The van der Waals surface area contributed by atoms with Crippen LogP contribution in [0.1, 0.15) is 28.6 Å². The molecule has 1 N–H and O–H groups in total.